The van der Waals surface area contributed by atoms with Crippen molar-refractivity contribution < 1.29 is 37.7 Å². The lowest BCUT2D eigenvalue weighted by Gasteiger charge is -2.36. The normalized spacial score (nSPS) is 17.2. The van der Waals surface area contributed by atoms with E-state index in [4.69, 9.17) is 18.9 Å². The molecular formula is C24H32FN3O7. The van der Waals surface area contributed by atoms with E-state index in [9.17, 15) is 18.8 Å². The SMILES string of the molecule is COC(=O)C1=C(C(=O)OC)N(c2cc(F)ccc2NC2CCN(C(=O)OC(C)(C)C)CC2)COC1. The second kappa shape index (κ2) is 10.9. The number of nitrogens with zero attached hydrogens (tertiary/aromatic N) is 2. The van der Waals surface area contributed by atoms with Crippen molar-refractivity contribution in [3.05, 3.63) is 35.3 Å². The van der Waals surface area contributed by atoms with Gasteiger partial charge >= 0.3 is 18.0 Å². The maximum Gasteiger partial charge on any atom is 0.410 e. The van der Waals surface area contributed by atoms with Gasteiger partial charge in [-0.05, 0) is 51.8 Å². The maximum atomic E-state index is 14.3. The lowest BCUT2D eigenvalue weighted by atomic mass is 10.0. The molecule has 0 spiro atoms. The van der Waals surface area contributed by atoms with Crippen molar-refractivity contribution >= 4 is 29.4 Å². The zero-order valence-corrected chi connectivity index (χ0v) is 20.7. The summed E-state index contributed by atoms with van der Waals surface area (Å²) in [5.74, 6) is -2.04. The van der Waals surface area contributed by atoms with Gasteiger partial charge in [-0.1, -0.05) is 0 Å². The lowest BCUT2D eigenvalue weighted by molar-refractivity contribution is -0.140. The highest BCUT2D eigenvalue weighted by Crippen LogP contribution is 2.34. The van der Waals surface area contributed by atoms with E-state index < -0.39 is 23.4 Å². The van der Waals surface area contributed by atoms with Crippen LogP contribution in [-0.4, -0.2) is 75.2 Å². The Morgan fingerprint density at radius 3 is 2.34 bits per heavy atom. The molecule has 0 aliphatic carbocycles. The van der Waals surface area contributed by atoms with Crippen LogP contribution in [0, 0.1) is 5.82 Å². The predicted molar refractivity (Wildman–Crippen MR) is 125 cm³/mol. The first-order chi connectivity index (χ1) is 16.5. The Kier molecular flexibility index (Phi) is 8.21. The molecule has 0 radical (unpaired) electrons. The molecule has 0 unspecified atom stereocenters. The fourth-order valence-corrected chi connectivity index (χ4v) is 3.94. The van der Waals surface area contributed by atoms with E-state index in [1.165, 1.54) is 31.3 Å². The summed E-state index contributed by atoms with van der Waals surface area (Å²) >= 11 is 0. The van der Waals surface area contributed by atoms with Gasteiger partial charge in [0.2, 0.25) is 0 Å². The molecule has 2 aliphatic heterocycles. The van der Waals surface area contributed by atoms with E-state index >= 15 is 0 Å². The zero-order chi connectivity index (χ0) is 25.8. The van der Waals surface area contributed by atoms with Gasteiger partial charge < -0.3 is 34.1 Å². The van der Waals surface area contributed by atoms with Gasteiger partial charge in [0.15, 0.2) is 0 Å². The van der Waals surface area contributed by atoms with Crippen LogP contribution in [0.1, 0.15) is 33.6 Å². The molecule has 1 N–H and O–H groups in total. The number of nitrogens with one attached hydrogen (secondary N) is 1. The first kappa shape index (κ1) is 26.3. The maximum absolute atomic E-state index is 14.3. The van der Waals surface area contributed by atoms with Crippen molar-refractivity contribution in [3.8, 4) is 0 Å². The van der Waals surface area contributed by atoms with Gasteiger partial charge in [-0.15, -0.1) is 0 Å². The van der Waals surface area contributed by atoms with Crippen LogP contribution in [0.15, 0.2) is 29.5 Å². The molecule has 1 amide bonds. The summed E-state index contributed by atoms with van der Waals surface area (Å²) in [5.41, 5.74) is 0.185. The number of piperidine rings is 1. The van der Waals surface area contributed by atoms with E-state index in [0.29, 0.717) is 37.3 Å². The summed E-state index contributed by atoms with van der Waals surface area (Å²) in [6.45, 7) is 6.22. The molecule has 2 aliphatic rings. The average Bonchev–Trinajstić information content (AvgIpc) is 2.83. The van der Waals surface area contributed by atoms with Crippen LogP contribution in [0.3, 0.4) is 0 Å². The van der Waals surface area contributed by atoms with Crippen molar-refractivity contribution in [2.45, 2.75) is 45.3 Å². The largest absolute Gasteiger partial charge is 0.466 e. The van der Waals surface area contributed by atoms with E-state index in [2.05, 4.69) is 5.32 Å². The molecule has 1 aromatic rings. The topological polar surface area (TPSA) is 107 Å². The number of ether oxygens (including phenoxy) is 4. The first-order valence-corrected chi connectivity index (χ1v) is 11.3. The third-order valence-corrected chi connectivity index (χ3v) is 5.59. The second-order valence-electron chi connectivity index (χ2n) is 9.26. The Balaban J connectivity index is 1.83. The van der Waals surface area contributed by atoms with E-state index in [1.807, 2.05) is 20.8 Å². The highest BCUT2D eigenvalue weighted by molar-refractivity contribution is 6.04. The predicted octanol–water partition coefficient (Wildman–Crippen LogP) is 3.03. The highest BCUT2D eigenvalue weighted by atomic mass is 19.1. The fourth-order valence-electron chi connectivity index (χ4n) is 3.94. The first-order valence-electron chi connectivity index (χ1n) is 11.3. The Bertz CT molecular complexity index is 997. The number of amides is 1. The van der Waals surface area contributed by atoms with Gasteiger partial charge in [0.25, 0.3) is 0 Å². The summed E-state index contributed by atoms with van der Waals surface area (Å²) < 4.78 is 34.9. The van der Waals surface area contributed by atoms with Crippen LogP contribution in [0.5, 0.6) is 0 Å². The van der Waals surface area contributed by atoms with Gasteiger partial charge in [0.1, 0.15) is 23.8 Å². The average molecular weight is 494 g/mol. The number of halogens is 1. The molecule has 1 fully saturated rings. The Morgan fingerprint density at radius 2 is 1.74 bits per heavy atom. The Labute approximate surface area is 203 Å². The van der Waals surface area contributed by atoms with E-state index in [1.54, 1.807) is 11.0 Å². The fraction of sp³-hybridized carbons (Fsp3) is 0.542. The summed E-state index contributed by atoms with van der Waals surface area (Å²) in [6, 6.07) is 4.10. The highest BCUT2D eigenvalue weighted by Gasteiger charge is 2.34. The molecule has 10 nitrogen and oxygen atoms in total. The zero-order valence-electron chi connectivity index (χ0n) is 20.7. The minimum Gasteiger partial charge on any atom is -0.466 e. The molecule has 0 saturated carbocycles. The van der Waals surface area contributed by atoms with Crippen molar-refractivity contribution in [1.29, 1.82) is 0 Å². The standard InChI is InChI=1S/C24H32FN3O7/c1-24(2,3)35-23(31)27-10-8-16(9-11-27)26-18-7-6-15(25)12-19(18)28-14-34-13-17(21(29)32-4)20(28)22(30)33-5/h6-7,12,16,26H,8-11,13-14H2,1-5H3. The van der Waals surface area contributed by atoms with Crippen LogP contribution < -0.4 is 10.2 Å². The molecule has 0 bridgehead atoms. The number of carbonyl (C=O) groups is 3. The molecular weight excluding hydrogens is 461 g/mol. The molecule has 0 atom stereocenters. The van der Waals surface area contributed by atoms with Crippen LogP contribution in [-0.2, 0) is 28.5 Å². The van der Waals surface area contributed by atoms with Crippen LogP contribution in [0.25, 0.3) is 0 Å². The monoisotopic (exact) mass is 493 g/mol. The number of esters is 2. The number of hydrogen-bond acceptors (Lipinski definition) is 9. The molecule has 0 aromatic heterocycles. The number of methoxy groups -OCH3 is 2. The number of rotatable bonds is 5. The van der Waals surface area contributed by atoms with Crippen molar-refractivity contribution in [2.24, 2.45) is 0 Å². The summed E-state index contributed by atoms with van der Waals surface area (Å²) in [6.07, 6.45) is 0.923. The van der Waals surface area contributed by atoms with Crippen molar-refractivity contribution in [2.75, 3.05) is 50.9 Å². The molecule has 2 heterocycles. The molecule has 1 saturated heterocycles. The minimum absolute atomic E-state index is 0.0192. The summed E-state index contributed by atoms with van der Waals surface area (Å²) in [5, 5.41) is 3.38. The van der Waals surface area contributed by atoms with Gasteiger partial charge in [-0.25, -0.2) is 18.8 Å². The van der Waals surface area contributed by atoms with Gasteiger partial charge in [0, 0.05) is 19.1 Å². The Hall–Kier alpha value is -3.34. The molecule has 35 heavy (non-hydrogen) atoms. The number of carbonyl (C=O) groups excluding carboxylic acids is 3. The molecule has 1 aromatic carbocycles. The van der Waals surface area contributed by atoms with Crippen LogP contribution in [0.2, 0.25) is 0 Å². The number of hydrogen-bond donors (Lipinski definition) is 1. The minimum atomic E-state index is -0.769. The van der Waals surface area contributed by atoms with Crippen molar-refractivity contribution in [1.82, 2.24) is 4.90 Å². The molecule has 11 heteroatoms. The van der Waals surface area contributed by atoms with Crippen molar-refractivity contribution in [3.63, 3.8) is 0 Å². The third kappa shape index (κ3) is 6.41. The van der Waals surface area contributed by atoms with Gasteiger partial charge in [-0.2, -0.15) is 0 Å². The van der Waals surface area contributed by atoms with Crippen LogP contribution >= 0.6 is 0 Å². The van der Waals surface area contributed by atoms with E-state index in [-0.39, 0.29) is 36.7 Å². The number of anilines is 2. The smallest absolute Gasteiger partial charge is 0.410 e. The molecule has 3 rings (SSSR count). The lowest BCUT2D eigenvalue weighted by Crippen LogP contribution is -2.44. The van der Waals surface area contributed by atoms with Gasteiger partial charge in [0.05, 0.1) is 37.8 Å². The number of benzene rings is 1. The quantitative estimate of drug-likeness (QED) is 0.489. The number of likely N-dealkylation sites (tertiary alicyclic amines) is 1. The van der Waals surface area contributed by atoms with Crippen LogP contribution in [0.4, 0.5) is 20.6 Å². The summed E-state index contributed by atoms with van der Waals surface area (Å²) in [4.78, 5) is 40.3. The second-order valence-corrected chi connectivity index (χ2v) is 9.26. The Morgan fingerprint density at radius 1 is 1.09 bits per heavy atom. The summed E-state index contributed by atoms with van der Waals surface area (Å²) in [7, 11) is 2.39. The third-order valence-electron chi connectivity index (χ3n) is 5.59. The van der Waals surface area contributed by atoms with E-state index in [0.717, 1.165) is 0 Å². The van der Waals surface area contributed by atoms with Gasteiger partial charge in [-0.3, -0.25) is 0 Å². The molecule has 192 valence electrons.